The minimum Gasteiger partial charge on any atom is -0.356 e. The van der Waals surface area contributed by atoms with Gasteiger partial charge < -0.3 is 9.51 Å². The Bertz CT molecular complexity index is 1420. The molecule has 0 aliphatic carbocycles. The molecule has 0 amide bonds. The van der Waals surface area contributed by atoms with Gasteiger partial charge in [-0.15, -0.1) is 0 Å². The van der Waals surface area contributed by atoms with Crippen LogP contribution in [0.2, 0.25) is 5.02 Å². The number of pyridine rings is 1. The van der Waals surface area contributed by atoms with Crippen LogP contribution in [-0.2, 0) is 0 Å². The summed E-state index contributed by atoms with van der Waals surface area (Å²) in [5.41, 5.74) is 3.35. The zero-order valence-electron chi connectivity index (χ0n) is 15.0. The number of aromatic amines is 1. The van der Waals surface area contributed by atoms with E-state index >= 15 is 0 Å². The molecule has 0 aliphatic rings. The predicted molar refractivity (Wildman–Crippen MR) is 113 cm³/mol. The Hall–Kier alpha value is -3.37. The molecule has 5 aromatic rings. The van der Waals surface area contributed by atoms with Gasteiger partial charge in [-0.2, -0.15) is 0 Å². The van der Waals surface area contributed by atoms with Crippen LogP contribution in [0.5, 0.6) is 0 Å². The molecule has 3 aromatic carbocycles. The largest absolute Gasteiger partial charge is 0.356 e. The van der Waals surface area contributed by atoms with Crippen molar-refractivity contribution in [2.45, 2.75) is 6.92 Å². The third-order valence-electron chi connectivity index (χ3n) is 4.89. The molecular weight excluding hydrogens is 372 g/mol. The number of benzene rings is 3. The third kappa shape index (κ3) is 2.70. The van der Waals surface area contributed by atoms with Crippen molar-refractivity contribution in [2.24, 2.45) is 0 Å². The Balaban J connectivity index is 1.93. The normalized spacial score (nSPS) is 11.4. The third-order valence-corrected chi connectivity index (χ3v) is 5.12. The molecule has 5 heteroatoms. The van der Waals surface area contributed by atoms with Crippen molar-refractivity contribution >= 4 is 33.3 Å². The summed E-state index contributed by atoms with van der Waals surface area (Å²) < 4.78 is 5.46. The van der Waals surface area contributed by atoms with Crippen LogP contribution in [0.15, 0.2) is 76.0 Å². The van der Waals surface area contributed by atoms with Gasteiger partial charge in [-0.1, -0.05) is 53.2 Å². The summed E-state index contributed by atoms with van der Waals surface area (Å²) in [4.78, 5) is 15.9. The first-order chi connectivity index (χ1) is 13.6. The summed E-state index contributed by atoms with van der Waals surface area (Å²) in [5, 5.41) is 7.64. The van der Waals surface area contributed by atoms with Crippen molar-refractivity contribution in [2.75, 3.05) is 0 Å². The number of nitrogens with zero attached hydrogens (tertiary/aromatic N) is 1. The SMILES string of the molecule is Cc1cc(-c2c(-c3ccc4ccccc4c3)c3cc(Cl)ccc3[nH]c2=O)on1. The molecule has 136 valence electrons. The smallest absolute Gasteiger partial charge is 0.260 e. The van der Waals surface area contributed by atoms with E-state index in [1.54, 1.807) is 12.1 Å². The van der Waals surface area contributed by atoms with Gasteiger partial charge in [0.2, 0.25) is 0 Å². The Morgan fingerprint density at radius 2 is 1.75 bits per heavy atom. The predicted octanol–water partition coefficient (Wildman–Crippen LogP) is 5.97. The summed E-state index contributed by atoms with van der Waals surface area (Å²) >= 11 is 6.29. The second-order valence-corrected chi connectivity index (χ2v) is 7.22. The monoisotopic (exact) mass is 386 g/mol. The van der Waals surface area contributed by atoms with Gasteiger partial charge in [-0.3, -0.25) is 4.79 Å². The molecule has 0 spiro atoms. The highest BCUT2D eigenvalue weighted by Gasteiger charge is 2.20. The highest BCUT2D eigenvalue weighted by Crippen LogP contribution is 2.37. The van der Waals surface area contributed by atoms with Gasteiger partial charge in [-0.25, -0.2) is 0 Å². The number of nitrogens with one attached hydrogen (secondary N) is 1. The summed E-state index contributed by atoms with van der Waals surface area (Å²) in [6, 6.07) is 21.5. The van der Waals surface area contributed by atoms with Crippen LogP contribution in [0, 0.1) is 6.92 Å². The van der Waals surface area contributed by atoms with E-state index in [-0.39, 0.29) is 5.56 Å². The number of hydrogen-bond acceptors (Lipinski definition) is 3. The number of aromatic nitrogens is 2. The van der Waals surface area contributed by atoms with E-state index in [1.807, 2.05) is 37.3 Å². The van der Waals surface area contributed by atoms with Crippen LogP contribution in [0.3, 0.4) is 0 Å². The van der Waals surface area contributed by atoms with Crippen molar-refractivity contribution in [3.8, 4) is 22.5 Å². The zero-order valence-corrected chi connectivity index (χ0v) is 15.7. The number of halogens is 1. The Morgan fingerprint density at radius 3 is 2.54 bits per heavy atom. The van der Waals surface area contributed by atoms with Crippen LogP contribution in [0.25, 0.3) is 44.1 Å². The van der Waals surface area contributed by atoms with Crippen molar-refractivity contribution in [1.29, 1.82) is 0 Å². The topological polar surface area (TPSA) is 58.9 Å². The number of H-pyrrole nitrogens is 1. The molecule has 0 radical (unpaired) electrons. The Kier molecular flexibility index (Phi) is 3.81. The van der Waals surface area contributed by atoms with E-state index < -0.39 is 0 Å². The lowest BCUT2D eigenvalue weighted by molar-refractivity contribution is 0.427. The fourth-order valence-corrected chi connectivity index (χ4v) is 3.80. The summed E-state index contributed by atoms with van der Waals surface area (Å²) in [5.74, 6) is 0.434. The lowest BCUT2D eigenvalue weighted by Gasteiger charge is -2.12. The van der Waals surface area contributed by atoms with Crippen LogP contribution in [0.4, 0.5) is 0 Å². The van der Waals surface area contributed by atoms with Crippen molar-refractivity contribution < 1.29 is 4.52 Å². The number of rotatable bonds is 2. The molecule has 5 rings (SSSR count). The molecule has 0 saturated carbocycles. The van der Waals surface area contributed by atoms with Gasteiger partial charge in [0.15, 0.2) is 5.76 Å². The average Bonchev–Trinajstić information content (AvgIpc) is 3.13. The Labute approximate surface area is 165 Å². The first kappa shape index (κ1) is 16.8. The van der Waals surface area contributed by atoms with E-state index in [1.165, 1.54) is 0 Å². The van der Waals surface area contributed by atoms with E-state index in [0.29, 0.717) is 22.0 Å². The molecule has 2 aromatic heterocycles. The highest BCUT2D eigenvalue weighted by molar-refractivity contribution is 6.31. The van der Waals surface area contributed by atoms with Crippen molar-refractivity contribution in [1.82, 2.24) is 10.1 Å². The fraction of sp³-hybridized carbons (Fsp3) is 0.0435. The highest BCUT2D eigenvalue weighted by atomic mass is 35.5. The van der Waals surface area contributed by atoms with Crippen LogP contribution in [-0.4, -0.2) is 10.1 Å². The summed E-state index contributed by atoms with van der Waals surface area (Å²) in [6.45, 7) is 1.83. The summed E-state index contributed by atoms with van der Waals surface area (Å²) in [7, 11) is 0. The van der Waals surface area contributed by atoms with Gasteiger partial charge in [0.1, 0.15) is 0 Å². The molecule has 4 nitrogen and oxygen atoms in total. The van der Waals surface area contributed by atoms with Gasteiger partial charge in [0.25, 0.3) is 5.56 Å². The number of hydrogen-bond donors (Lipinski definition) is 1. The van der Waals surface area contributed by atoms with Gasteiger partial charge in [-0.05, 0) is 47.5 Å². The quantitative estimate of drug-likeness (QED) is 0.407. The zero-order chi connectivity index (χ0) is 19.3. The second-order valence-electron chi connectivity index (χ2n) is 6.79. The number of fused-ring (bicyclic) bond motifs is 2. The van der Waals surface area contributed by atoms with Gasteiger partial charge in [0.05, 0.1) is 11.3 Å². The van der Waals surface area contributed by atoms with E-state index in [2.05, 4.69) is 34.4 Å². The van der Waals surface area contributed by atoms with E-state index in [9.17, 15) is 4.79 Å². The van der Waals surface area contributed by atoms with Crippen molar-refractivity contribution in [3.05, 3.63) is 87.8 Å². The first-order valence-electron chi connectivity index (χ1n) is 8.88. The molecule has 0 unspecified atom stereocenters. The first-order valence-corrected chi connectivity index (χ1v) is 9.26. The maximum Gasteiger partial charge on any atom is 0.260 e. The lowest BCUT2D eigenvalue weighted by atomic mass is 9.93. The van der Waals surface area contributed by atoms with Crippen LogP contribution < -0.4 is 5.56 Å². The maximum atomic E-state index is 13.0. The van der Waals surface area contributed by atoms with Crippen LogP contribution in [0.1, 0.15) is 5.69 Å². The molecule has 28 heavy (non-hydrogen) atoms. The van der Waals surface area contributed by atoms with E-state index in [4.69, 9.17) is 16.1 Å². The molecule has 0 saturated heterocycles. The van der Waals surface area contributed by atoms with Gasteiger partial charge >= 0.3 is 0 Å². The van der Waals surface area contributed by atoms with E-state index in [0.717, 1.165) is 32.8 Å². The maximum absolute atomic E-state index is 13.0. The molecule has 2 heterocycles. The standard InChI is InChI=1S/C23H15ClN2O2/c1-13-10-20(28-26-13)22-21(16-7-6-14-4-2-3-5-15(14)11-16)18-12-17(24)8-9-19(18)25-23(22)27/h2-12H,1H3,(H,25,27). The molecule has 0 aliphatic heterocycles. The lowest BCUT2D eigenvalue weighted by Crippen LogP contribution is -2.11. The minimum absolute atomic E-state index is 0.228. The molecule has 0 fully saturated rings. The molecule has 1 N–H and O–H groups in total. The molecule has 0 bridgehead atoms. The molecular formula is C23H15ClN2O2. The summed E-state index contributed by atoms with van der Waals surface area (Å²) in [6.07, 6.45) is 0. The molecule has 0 atom stereocenters. The second kappa shape index (κ2) is 6.36. The Morgan fingerprint density at radius 1 is 0.929 bits per heavy atom. The fourth-order valence-electron chi connectivity index (χ4n) is 3.63. The van der Waals surface area contributed by atoms with Gasteiger partial charge in [0, 0.05) is 27.6 Å². The minimum atomic E-state index is -0.228. The van der Waals surface area contributed by atoms with Crippen molar-refractivity contribution in [3.63, 3.8) is 0 Å². The van der Waals surface area contributed by atoms with Crippen LogP contribution >= 0.6 is 11.6 Å². The average molecular weight is 387 g/mol. The number of aryl methyl sites for hydroxylation is 1.